The zero-order valence-corrected chi connectivity index (χ0v) is 16.0. The number of H-pyrrole nitrogens is 1. The van der Waals surface area contributed by atoms with Crippen LogP contribution in [0.1, 0.15) is 21.5 Å². The fraction of sp³-hybridized carbons (Fsp3) is 0.150. The van der Waals surface area contributed by atoms with E-state index in [1.54, 1.807) is 35.9 Å². The summed E-state index contributed by atoms with van der Waals surface area (Å²) in [6.07, 6.45) is 2.16. The number of carbonyl (C=O) groups is 1. The second kappa shape index (κ2) is 6.36. The number of nitrogens with one attached hydrogen (secondary N) is 2. The number of aryl methyl sites for hydroxylation is 1. The molecule has 0 aliphatic carbocycles. The molecule has 3 heterocycles. The van der Waals surface area contributed by atoms with Crippen LogP contribution in [0, 0.1) is 0 Å². The lowest BCUT2D eigenvalue weighted by Gasteiger charge is -2.22. The van der Waals surface area contributed by atoms with Crippen molar-refractivity contribution in [1.82, 2.24) is 20.7 Å². The number of aromatic nitrogens is 3. The largest absolute Gasteiger partial charge is 0.288 e. The molecule has 0 saturated carbocycles. The highest BCUT2D eigenvalue weighted by molar-refractivity contribution is 7.90. The van der Waals surface area contributed by atoms with Crippen LogP contribution in [0.2, 0.25) is 0 Å². The molecule has 0 atom stereocenters. The van der Waals surface area contributed by atoms with Crippen LogP contribution in [0.25, 0.3) is 33.1 Å². The molecule has 146 valence electrons. The van der Waals surface area contributed by atoms with Gasteiger partial charge in [-0.1, -0.05) is 12.1 Å². The maximum Gasteiger partial charge on any atom is 0.274 e. The summed E-state index contributed by atoms with van der Waals surface area (Å²) in [7, 11) is -3.22. The minimum atomic E-state index is -3.22. The minimum Gasteiger partial charge on any atom is -0.288 e. The first kappa shape index (κ1) is 17.8. The molecule has 1 aliphatic rings. The second-order valence-corrected chi connectivity index (χ2v) is 9.25. The van der Waals surface area contributed by atoms with Crippen molar-refractivity contribution in [2.24, 2.45) is 0 Å². The maximum atomic E-state index is 12.4. The summed E-state index contributed by atoms with van der Waals surface area (Å²) in [6, 6.07) is 10.3. The number of hydroxylamine groups is 1. The number of hydrogen-bond donors (Lipinski definition) is 3. The van der Waals surface area contributed by atoms with Gasteiger partial charge in [-0.05, 0) is 41.8 Å². The second-order valence-electron chi connectivity index (χ2n) is 7.07. The van der Waals surface area contributed by atoms with Crippen LogP contribution in [-0.4, -0.2) is 40.5 Å². The molecule has 0 saturated heterocycles. The van der Waals surface area contributed by atoms with E-state index in [9.17, 15) is 13.2 Å². The lowest BCUT2D eigenvalue weighted by atomic mass is 9.94. The van der Waals surface area contributed by atoms with Crippen molar-refractivity contribution >= 4 is 37.6 Å². The summed E-state index contributed by atoms with van der Waals surface area (Å²) in [6.45, 7) is 0. The van der Waals surface area contributed by atoms with E-state index in [-0.39, 0.29) is 11.5 Å². The third kappa shape index (κ3) is 2.86. The van der Waals surface area contributed by atoms with Crippen molar-refractivity contribution in [1.29, 1.82) is 0 Å². The fourth-order valence-electron chi connectivity index (χ4n) is 3.96. The standard InChI is InChI=1S/C20H16N4O4S/c25-20(24-26)12-3-1-11(2-4-12)19-15-10-29(27,28)8-7-13(15)18-14-9-21-23-16(14)5-6-17(18)22-19/h1-6,9,26H,7-8,10H2,(H,21,23)(H,24,25). The summed E-state index contributed by atoms with van der Waals surface area (Å²) in [4.78, 5) is 16.4. The molecule has 2 aromatic carbocycles. The molecule has 0 unspecified atom stereocenters. The Morgan fingerprint density at radius 1 is 1.10 bits per heavy atom. The van der Waals surface area contributed by atoms with Crippen LogP contribution < -0.4 is 5.48 Å². The third-order valence-corrected chi connectivity index (χ3v) is 6.89. The zero-order chi connectivity index (χ0) is 20.2. The van der Waals surface area contributed by atoms with Crippen molar-refractivity contribution in [3.05, 3.63) is 59.3 Å². The maximum absolute atomic E-state index is 12.4. The number of benzene rings is 2. The van der Waals surface area contributed by atoms with Crippen molar-refractivity contribution in [3.63, 3.8) is 0 Å². The van der Waals surface area contributed by atoms with Gasteiger partial charge >= 0.3 is 0 Å². The van der Waals surface area contributed by atoms with Crippen LogP contribution in [0.15, 0.2) is 42.6 Å². The van der Waals surface area contributed by atoms with Gasteiger partial charge in [-0.15, -0.1) is 0 Å². The molecule has 9 heteroatoms. The molecule has 29 heavy (non-hydrogen) atoms. The van der Waals surface area contributed by atoms with E-state index >= 15 is 0 Å². The Kier molecular flexibility index (Phi) is 3.90. The summed E-state index contributed by atoms with van der Waals surface area (Å²) in [5, 5.41) is 17.7. The van der Waals surface area contributed by atoms with Gasteiger partial charge in [0.2, 0.25) is 0 Å². The van der Waals surface area contributed by atoms with Crippen molar-refractivity contribution in [2.75, 3.05) is 5.75 Å². The van der Waals surface area contributed by atoms with Gasteiger partial charge in [-0.2, -0.15) is 5.10 Å². The number of sulfone groups is 1. The fourth-order valence-corrected chi connectivity index (χ4v) is 5.37. The van der Waals surface area contributed by atoms with Gasteiger partial charge < -0.3 is 0 Å². The topological polar surface area (TPSA) is 125 Å². The van der Waals surface area contributed by atoms with Gasteiger partial charge in [-0.25, -0.2) is 18.9 Å². The SMILES string of the molecule is O=C(NO)c1ccc(-c2nc3ccc4[nH]ncc4c3c3c2CS(=O)(=O)CC3)cc1. The number of hydrogen-bond acceptors (Lipinski definition) is 6. The average molecular weight is 408 g/mol. The number of rotatable bonds is 2. The zero-order valence-electron chi connectivity index (χ0n) is 15.1. The highest BCUT2D eigenvalue weighted by Gasteiger charge is 2.28. The Morgan fingerprint density at radius 3 is 2.66 bits per heavy atom. The van der Waals surface area contributed by atoms with E-state index in [0.717, 1.165) is 27.4 Å². The van der Waals surface area contributed by atoms with Gasteiger partial charge in [0.25, 0.3) is 5.91 Å². The van der Waals surface area contributed by atoms with Crippen molar-refractivity contribution in [3.8, 4) is 11.3 Å². The number of aromatic amines is 1. The molecule has 0 radical (unpaired) electrons. The molecule has 2 aromatic heterocycles. The summed E-state index contributed by atoms with van der Waals surface area (Å²) < 4.78 is 24.8. The van der Waals surface area contributed by atoms with E-state index in [0.29, 0.717) is 28.8 Å². The molecule has 4 aromatic rings. The first-order chi connectivity index (χ1) is 14.0. The highest BCUT2D eigenvalue weighted by atomic mass is 32.2. The van der Waals surface area contributed by atoms with Crippen LogP contribution in [0.3, 0.4) is 0 Å². The van der Waals surface area contributed by atoms with Gasteiger partial charge in [0.15, 0.2) is 9.84 Å². The minimum absolute atomic E-state index is 0.0757. The number of pyridine rings is 1. The molecule has 5 rings (SSSR count). The van der Waals surface area contributed by atoms with Gasteiger partial charge in [0, 0.05) is 21.9 Å². The van der Waals surface area contributed by atoms with Crippen LogP contribution in [0.5, 0.6) is 0 Å². The van der Waals surface area contributed by atoms with E-state index in [1.165, 1.54) is 0 Å². The van der Waals surface area contributed by atoms with E-state index in [1.807, 2.05) is 12.1 Å². The molecule has 0 spiro atoms. The Bertz CT molecular complexity index is 1390. The van der Waals surface area contributed by atoms with Gasteiger partial charge in [-0.3, -0.25) is 15.1 Å². The predicted molar refractivity (Wildman–Crippen MR) is 107 cm³/mol. The van der Waals surface area contributed by atoms with E-state index in [2.05, 4.69) is 10.2 Å². The van der Waals surface area contributed by atoms with Gasteiger partial charge in [0.05, 0.1) is 34.4 Å². The molecule has 0 bridgehead atoms. The molecular weight excluding hydrogens is 392 g/mol. The number of amides is 1. The van der Waals surface area contributed by atoms with Crippen molar-refractivity contribution in [2.45, 2.75) is 12.2 Å². The van der Waals surface area contributed by atoms with E-state index < -0.39 is 15.7 Å². The van der Waals surface area contributed by atoms with E-state index in [4.69, 9.17) is 10.2 Å². The highest BCUT2D eigenvalue weighted by Crippen LogP contribution is 2.37. The third-order valence-electron chi connectivity index (χ3n) is 5.34. The Balaban J connectivity index is 1.79. The Labute approximate surface area is 165 Å². The number of fused-ring (bicyclic) bond motifs is 5. The summed E-state index contributed by atoms with van der Waals surface area (Å²) in [5.41, 5.74) is 6.50. The molecule has 8 nitrogen and oxygen atoms in total. The first-order valence-corrected chi connectivity index (χ1v) is 10.8. The predicted octanol–water partition coefficient (Wildman–Crippen LogP) is 2.37. The summed E-state index contributed by atoms with van der Waals surface area (Å²) in [5.74, 6) is -0.592. The molecule has 1 amide bonds. The first-order valence-electron chi connectivity index (χ1n) is 9.00. The van der Waals surface area contributed by atoms with Crippen LogP contribution >= 0.6 is 0 Å². The van der Waals surface area contributed by atoms with Crippen LogP contribution in [0.4, 0.5) is 0 Å². The number of nitrogens with zero attached hydrogens (tertiary/aromatic N) is 2. The quantitative estimate of drug-likeness (QED) is 0.345. The monoisotopic (exact) mass is 408 g/mol. The normalized spacial score (nSPS) is 15.3. The van der Waals surface area contributed by atoms with Crippen LogP contribution in [-0.2, 0) is 22.0 Å². The van der Waals surface area contributed by atoms with Gasteiger partial charge in [0.1, 0.15) is 0 Å². The molecular formula is C20H16N4O4S. The molecule has 3 N–H and O–H groups in total. The lowest BCUT2D eigenvalue weighted by molar-refractivity contribution is 0.0706. The van der Waals surface area contributed by atoms with Crippen molar-refractivity contribution < 1.29 is 18.4 Å². The average Bonchev–Trinajstić information content (AvgIpc) is 3.20. The number of carbonyl (C=O) groups excluding carboxylic acids is 1. The summed E-state index contributed by atoms with van der Waals surface area (Å²) >= 11 is 0. The Morgan fingerprint density at radius 2 is 1.90 bits per heavy atom. The Hall–Kier alpha value is -3.30. The lowest BCUT2D eigenvalue weighted by Crippen LogP contribution is -2.21. The molecule has 1 aliphatic heterocycles. The molecule has 0 fully saturated rings. The smallest absolute Gasteiger partial charge is 0.274 e.